The molecule has 2 N–H and O–H groups in total. The van der Waals surface area contributed by atoms with Gasteiger partial charge in [0, 0.05) is 23.5 Å². The predicted octanol–water partition coefficient (Wildman–Crippen LogP) is 5.14. The van der Waals surface area contributed by atoms with E-state index in [2.05, 4.69) is 10.0 Å². The van der Waals surface area contributed by atoms with Gasteiger partial charge in [0.1, 0.15) is 16.5 Å². The van der Waals surface area contributed by atoms with Gasteiger partial charge in [0.25, 0.3) is 0 Å². The molecule has 0 bridgehead atoms. The van der Waals surface area contributed by atoms with Crippen LogP contribution in [0.2, 0.25) is 0 Å². The molecule has 170 valence electrons. The van der Waals surface area contributed by atoms with Crippen molar-refractivity contribution in [2.24, 2.45) is 0 Å². The van der Waals surface area contributed by atoms with E-state index in [1.807, 2.05) is 6.07 Å². The fourth-order valence-corrected chi connectivity index (χ4v) is 6.00. The molecule has 32 heavy (non-hydrogen) atoms. The number of nitrogens with one attached hydrogen (secondary N) is 2. The van der Waals surface area contributed by atoms with Crippen molar-refractivity contribution in [3.63, 3.8) is 0 Å². The van der Waals surface area contributed by atoms with Gasteiger partial charge in [0.05, 0.1) is 5.69 Å². The Hall–Kier alpha value is -2.36. The number of sulfonamides is 1. The Morgan fingerprint density at radius 1 is 1.00 bits per heavy atom. The van der Waals surface area contributed by atoms with Gasteiger partial charge in [0.15, 0.2) is 5.13 Å². The van der Waals surface area contributed by atoms with Crippen LogP contribution in [-0.2, 0) is 22.9 Å². The minimum absolute atomic E-state index is 0.246. The van der Waals surface area contributed by atoms with Crippen LogP contribution in [-0.4, -0.2) is 26.5 Å². The molecule has 0 saturated carbocycles. The van der Waals surface area contributed by atoms with Gasteiger partial charge in [0.2, 0.25) is 10.0 Å². The molecular weight excluding hydrogens is 452 g/mol. The van der Waals surface area contributed by atoms with E-state index in [1.165, 1.54) is 29.1 Å². The first-order valence-electron chi connectivity index (χ1n) is 10.7. The molecule has 0 fully saturated rings. The number of nitrogens with zero attached hydrogens (tertiary/aromatic N) is 1. The lowest BCUT2D eigenvalue weighted by Crippen LogP contribution is -2.25. The second-order valence-corrected chi connectivity index (χ2v) is 10.6. The first-order valence-corrected chi connectivity index (χ1v) is 13.0. The molecule has 4 rings (SSSR count). The van der Waals surface area contributed by atoms with E-state index in [4.69, 9.17) is 4.98 Å². The van der Waals surface area contributed by atoms with Crippen LogP contribution in [0.25, 0.3) is 11.3 Å². The van der Waals surface area contributed by atoms with E-state index < -0.39 is 15.8 Å². The van der Waals surface area contributed by atoms with Crippen LogP contribution in [0.15, 0.2) is 47.4 Å². The molecule has 0 amide bonds. The highest BCUT2D eigenvalue weighted by molar-refractivity contribution is 7.89. The molecule has 3 aromatic rings. The van der Waals surface area contributed by atoms with E-state index in [9.17, 15) is 17.2 Å². The number of rotatable bonds is 9. The number of thiazole rings is 1. The van der Waals surface area contributed by atoms with Gasteiger partial charge < -0.3 is 5.32 Å². The normalized spacial score (nSPS) is 13.3. The SMILES string of the molecule is O=S(=O)(NCCCCCNc1nc2c(s1)CCCc1ccc(F)cc1-2)c1ccccc1F. The van der Waals surface area contributed by atoms with Crippen LogP contribution in [0.1, 0.15) is 36.1 Å². The zero-order valence-corrected chi connectivity index (χ0v) is 19.2. The van der Waals surface area contributed by atoms with Crippen molar-refractivity contribution in [3.8, 4) is 11.3 Å². The number of fused-ring (bicyclic) bond motifs is 3. The highest BCUT2D eigenvalue weighted by Gasteiger charge is 2.20. The molecule has 0 unspecified atom stereocenters. The van der Waals surface area contributed by atoms with Crippen LogP contribution in [0.4, 0.5) is 13.9 Å². The summed E-state index contributed by atoms with van der Waals surface area (Å²) in [7, 11) is -3.83. The molecule has 0 spiro atoms. The Balaban J connectivity index is 1.24. The average Bonchev–Trinajstić information content (AvgIpc) is 3.09. The summed E-state index contributed by atoms with van der Waals surface area (Å²) in [6, 6.07) is 10.3. The second-order valence-electron chi connectivity index (χ2n) is 7.76. The van der Waals surface area contributed by atoms with E-state index in [-0.39, 0.29) is 17.3 Å². The molecule has 1 aromatic heterocycles. The molecule has 1 aliphatic rings. The van der Waals surface area contributed by atoms with Crippen molar-refractivity contribution in [1.29, 1.82) is 0 Å². The molecule has 0 atom stereocenters. The lowest BCUT2D eigenvalue weighted by Gasteiger charge is -2.08. The lowest BCUT2D eigenvalue weighted by atomic mass is 10.0. The molecule has 0 saturated heterocycles. The molecule has 1 aliphatic carbocycles. The summed E-state index contributed by atoms with van der Waals surface area (Å²) in [5, 5.41) is 4.16. The third-order valence-corrected chi connectivity index (χ3v) is 7.99. The monoisotopic (exact) mass is 477 g/mol. The molecular formula is C23H25F2N3O2S2. The van der Waals surface area contributed by atoms with Gasteiger partial charge in [-0.2, -0.15) is 0 Å². The number of hydrogen-bond acceptors (Lipinski definition) is 5. The standard InChI is InChI=1S/C23H25F2N3O2S2/c24-17-12-11-16-7-6-9-20-22(18(16)15-17)28-23(31-20)26-13-4-1-5-14-27-32(29,30)21-10-3-2-8-19(21)25/h2-3,8,10-12,15,27H,1,4-7,9,13-14H2,(H,26,28). The minimum Gasteiger partial charge on any atom is -0.361 e. The molecule has 2 aromatic carbocycles. The van der Waals surface area contributed by atoms with Crippen molar-refractivity contribution in [1.82, 2.24) is 9.71 Å². The van der Waals surface area contributed by atoms with Gasteiger partial charge in [-0.3, -0.25) is 0 Å². The van der Waals surface area contributed by atoms with Crippen molar-refractivity contribution in [2.45, 2.75) is 43.4 Å². The summed E-state index contributed by atoms with van der Waals surface area (Å²) >= 11 is 1.62. The average molecular weight is 478 g/mol. The Bertz CT molecular complexity index is 1200. The Morgan fingerprint density at radius 2 is 1.81 bits per heavy atom. The summed E-state index contributed by atoms with van der Waals surface area (Å²) in [5.74, 6) is -0.999. The Morgan fingerprint density at radius 3 is 2.66 bits per heavy atom. The third kappa shape index (κ3) is 5.33. The minimum atomic E-state index is -3.83. The van der Waals surface area contributed by atoms with E-state index >= 15 is 0 Å². The van der Waals surface area contributed by atoms with Crippen molar-refractivity contribution in [2.75, 3.05) is 18.4 Å². The van der Waals surface area contributed by atoms with E-state index in [0.717, 1.165) is 60.1 Å². The number of aromatic nitrogens is 1. The van der Waals surface area contributed by atoms with Gasteiger partial charge in [-0.25, -0.2) is 26.9 Å². The summed E-state index contributed by atoms with van der Waals surface area (Å²) in [6.45, 7) is 0.965. The predicted molar refractivity (Wildman–Crippen MR) is 123 cm³/mol. The van der Waals surface area contributed by atoms with Gasteiger partial charge in [-0.15, -0.1) is 11.3 Å². The number of halogens is 2. The third-order valence-electron chi connectivity index (χ3n) is 5.42. The zero-order chi connectivity index (χ0) is 22.6. The van der Waals surface area contributed by atoms with Crippen LogP contribution >= 0.6 is 11.3 Å². The lowest BCUT2D eigenvalue weighted by molar-refractivity contribution is 0.553. The fraction of sp³-hybridized carbons (Fsp3) is 0.348. The number of unbranched alkanes of at least 4 members (excludes halogenated alkanes) is 2. The quantitative estimate of drug-likeness (QED) is 0.419. The second kappa shape index (κ2) is 10.1. The topological polar surface area (TPSA) is 71.1 Å². The largest absolute Gasteiger partial charge is 0.361 e. The summed E-state index contributed by atoms with van der Waals surface area (Å²) in [4.78, 5) is 5.57. The van der Waals surface area contributed by atoms with E-state index in [1.54, 1.807) is 17.4 Å². The Labute approximate surface area is 191 Å². The van der Waals surface area contributed by atoms with Gasteiger partial charge in [-0.05, 0) is 61.9 Å². The number of anilines is 1. The molecule has 1 heterocycles. The molecule has 9 heteroatoms. The van der Waals surface area contributed by atoms with Crippen molar-refractivity contribution in [3.05, 3.63) is 64.5 Å². The maximum Gasteiger partial charge on any atom is 0.243 e. The van der Waals surface area contributed by atoms with E-state index in [0.29, 0.717) is 13.0 Å². The maximum absolute atomic E-state index is 13.8. The van der Waals surface area contributed by atoms with Crippen molar-refractivity contribution >= 4 is 26.5 Å². The fourth-order valence-electron chi connectivity index (χ4n) is 3.80. The van der Waals surface area contributed by atoms with Crippen LogP contribution in [0.5, 0.6) is 0 Å². The molecule has 0 radical (unpaired) electrons. The summed E-state index contributed by atoms with van der Waals surface area (Å²) in [5.41, 5.74) is 2.91. The highest BCUT2D eigenvalue weighted by atomic mass is 32.2. The summed E-state index contributed by atoms with van der Waals surface area (Å²) in [6.07, 6.45) is 5.20. The van der Waals surface area contributed by atoms with Crippen LogP contribution in [0.3, 0.4) is 0 Å². The zero-order valence-electron chi connectivity index (χ0n) is 17.5. The van der Waals surface area contributed by atoms with Gasteiger partial charge >= 0.3 is 0 Å². The maximum atomic E-state index is 13.8. The highest BCUT2D eigenvalue weighted by Crippen LogP contribution is 2.37. The first kappa shape index (κ1) is 22.8. The summed E-state index contributed by atoms with van der Waals surface area (Å²) < 4.78 is 54.2. The first-order chi connectivity index (χ1) is 15.4. The number of aryl methyl sites for hydroxylation is 2. The van der Waals surface area contributed by atoms with Gasteiger partial charge in [-0.1, -0.05) is 24.6 Å². The Kier molecular flexibility index (Phi) is 7.17. The molecule has 5 nitrogen and oxygen atoms in total. The van der Waals surface area contributed by atoms with Crippen LogP contribution < -0.4 is 10.0 Å². The number of hydrogen-bond donors (Lipinski definition) is 2. The number of benzene rings is 2. The van der Waals surface area contributed by atoms with Crippen LogP contribution in [0, 0.1) is 11.6 Å². The molecule has 0 aliphatic heterocycles. The smallest absolute Gasteiger partial charge is 0.243 e. The van der Waals surface area contributed by atoms with Crippen molar-refractivity contribution < 1.29 is 17.2 Å².